The van der Waals surface area contributed by atoms with Crippen molar-refractivity contribution in [2.45, 2.75) is 18.5 Å². The van der Waals surface area contributed by atoms with Gasteiger partial charge in [-0.3, -0.25) is 0 Å². The molecule has 0 bridgehead atoms. The van der Waals surface area contributed by atoms with Crippen LogP contribution in [0.2, 0.25) is 0 Å². The van der Waals surface area contributed by atoms with Crippen LogP contribution in [-0.4, -0.2) is 5.16 Å². The van der Waals surface area contributed by atoms with Gasteiger partial charge in [0.05, 0.1) is 0 Å². The van der Waals surface area contributed by atoms with E-state index in [0.29, 0.717) is 5.70 Å². The quantitative estimate of drug-likeness (QED) is 0.474. The maximum absolute atomic E-state index is 5.62. The Hall–Kier alpha value is -0.490. The van der Waals surface area contributed by atoms with E-state index in [0.717, 1.165) is 6.42 Å². The Bertz CT molecular complexity index is 154. The van der Waals surface area contributed by atoms with Crippen molar-refractivity contribution in [3.05, 3.63) is 24.6 Å². The standard InChI is InChI=1S/C7H15N2P/c1-3-7(10,4-2)6(9)5-8/h3,5H,1,4,8-10H2,2H3/b6-5-. The second-order valence-electron chi connectivity index (χ2n) is 2.22. The van der Waals surface area contributed by atoms with Gasteiger partial charge in [-0.05, 0) is 6.42 Å². The number of hydrogen-bond donors (Lipinski definition) is 2. The third kappa shape index (κ3) is 1.74. The summed E-state index contributed by atoms with van der Waals surface area (Å²) in [5.41, 5.74) is 11.5. The van der Waals surface area contributed by atoms with E-state index < -0.39 is 0 Å². The first kappa shape index (κ1) is 9.51. The van der Waals surface area contributed by atoms with Gasteiger partial charge in [-0.15, -0.1) is 15.8 Å². The van der Waals surface area contributed by atoms with E-state index in [1.807, 2.05) is 6.92 Å². The zero-order valence-corrected chi connectivity index (χ0v) is 7.46. The lowest BCUT2D eigenvalue weighted by Crippen LogP contribution is -2.26. The zero-order valence-electron chi connectivity index (χ0n) is 6.30. The van der Waals surface area contributed by atoms with Crippen LogP contribution in [0.5, 0.6) is 0 Å². The van der Waals surface area contributed by atoms with Crippen LogP contribution in [0.3, 0.4) is 0 Å². The maximum atomic E-state index is 5.62. The molecule has 0 saturated heterocycles. The SMILES string of the molecule is C=CC(P)(CC)/C(N)=C/N. The third-order valence-electron chi connectivity index (χ3n) is 1.67. The molecule has 0 aromatic rings. The van der Waals surface area contributed by atoms with Gasteiger partial charge in [-0.2, -0.15) is 0 Å². The molecule has 0 saturated carbocycles. The van der Waals surface area contributed by atoms with Crippen LogP contribution < -0.4 is 11.5 Å². The molecule has 0 aromatic heterocycles. The molecule has 2 unspecified atom stereocenters. The molecule has 0 aromatic carbocycles. The summed E-state index contributed by atoms with van der Waals surface area (Å²) in [5.74, 6) is 0. The summed E-state index contributed by atoms with van der Waals surface area (Å²) in [6.45, 7) is 5.71. The fourth-order valence-electron chi connectivity index (χ4n) is 0.621. The first-order valence-electron chi connectivity index (χ1n) is 3.21. The second-order valence-corrected chi connectivity index (χ2v) is 3.25. The highest BCUT2D eigenvalue weighted by atomic mass is 31.0. The molecule has 2 atom stereocenters. The maximum Gasteiger partial charge on any atom is 0.0428 e. The molecule has 3 heteroatoms. The first-order valence-corrected chi connectivity index (χ1v) is 3.78. The van der Waals surface area contributed by atoms with Crippen molar-refractivity contribution in [2.75, 3.05) is 0 Å². The predicted molar refractivity (Wildman–Crippen MR) is 49.4 cm³/mol. The van der Waals surface area contributed by atoms with Gasteiger partial charge in [0.25, 0.3) is 0 Å². The average Bonchev–Trinajstić information content (AvgIpc) is 2.01. The van der Waals surface area contributed by atoms with Crippen molar-refractivity contribution in [3.8, 4) is 0 Å². The summed E-state index contributed by atoms with van der Waals surface area (Å²) >= 11 is 0. The topological polar surface area (TPSA) is 52.0 Å². The lowest BCUT2D eigenvalue weighted by atomic mass is 10.0. The molecule has 0 aliphatic heterocycles. The van der Waals surface area contributed by atoms with Gasteiger partial charge < -0.3 is 11.5 Å². The zero-order chi connectivity index (χ0) is 8.20. The van der Waals surface area contributed by atoms with Crippen molar-refractivity contribution >= 4 is 9.24 Å². The number of hydrogen-bond acceptors (Lipinski definition) is 2. The molecule has 58 valence electrons. The van der Waals surface area contributed by atoms with Crippen LogP contribution in [-0.2, 0) is 0 Å². The Balaban J connectivity index is 4.48. The third-order valence-corrected chi connectivity index (χ3v) is 2.64. The van der Waals surface area contributed by atoms with Crippen molar-refractivity contribution in [1.82, 2.24) is 0 Å². The summed E-state index contributed by atoms with van der Waals surface area (Å²) in [6, 6.07) is 0. The van der Waals surface area contributed by atoms with Gasteiger partial charge in [-0.25, -0.2) is 0 Å². The number of allylic oxidation sites excluding steroid dienone is 1. The van der Waals surface area contributed by atoms with Gasteiger partial charge in [0.2, 0.25) is 0 Å². The molecular weight excluding hydrogens is 143 g/mol. The van der Waals surface area contributed by atoms with Crippen LogP contribution in [0.25, 0.3) is 0 Å². The largest absolute Gasteiger partial charge is 0.403 e. The van der Waals surface area contributed by atoms with E-state index in [4.69, 9.17) is 11.5 Å². The predicted octanol–water partition coefficient (Wildman–Crippen LogP) is 0.955. The Morgan fingerprint density at radius 1 is 1.80 bits per heavy atom. The van der Waals surface area contributed by atoms with E-state index in [1.165, 1.54) is 6.20 Å². The molecule has 0 amide bonds. The molecule has 0 spiro atoms. The van der Waals surface area contributed by atoms with Gasteiger partial charge in [0.1, 0.15) is 0 Å². The normalized spacial score (nSPS) is 18.0. The van der Waals surface area contributed by atoms with E-state index in [9.17, 15) is 0 Å². The fraction of sp³-hybridized carbons (Fsp3) is 0.429. The smallest absolute Gasteiger partial charge is 0.0428 e. The fourth-order valence-corrected chi connectivity index (χ4v) is 0.718. The van der Waals surface area contributed by atoms with Crippen molar-refractivity contribution in [3.63, 3.8) is 0 Å². The van der Waals surface area contributed by atoms with Crippen LogP contribution >= 0.6 is 9.24 Å². The molecule has 0 fully saturated rings. The van der Waals surface area contributed by atoms with Crippen LogP contribution in [0.1, 0.15) is 13.3 Å². The second kappa shape index (κ2) is 3.62. The molecule has 0 aliphatic carbocycles. The molecule has 0 radical (unpaired) electrons. The summed E-state index contributed by atoms with van der Waals surface area (Å²) in [7, 11) is 2.64. The highest BCUT2D eigenvalue weighted by molar-refractivity contribution is 7.19. The molecular formula is C7H15N2P. The average molecular weight is 158 g/mol. The number of nitrogens with two attached hydrogens (primary N) is 2. The Morgan fingerprint density at radius 2 is 2.30 bits per heavy atom. The monoisotopic (exact) mass is 158 g/mol. The minimum absolute atomic E-state index is 0.214. The van der Waals surface area contributed by atoms with Crippen molar-refractivity contribution in [1.29, 1.82) is 0 Å². The molecule has 0 heterocycles. The summed E-state index contributed by atoms with van der Waals surface area (Å²) in [5, 5.41) is -0.214. The Labute approximate surface area is 64.6 Å². The molecule has 0 aliphatic rings. The van der Waals surface area contributed by atoms with Crippen LogP contribution in [0, 0.1) is 0 Å². The molecule has 0 rings (SSSR count). The van der Waals surface area contributed by atoms with Gasteiger partial charge >= 0.3 is 0 Å². The number of rotatable bonds is 3. The van der Waals surface area contributed by atoms with Crippen LogP contribution in [0.15, 0.2) is 24.6 Å². The Morgan fingerprint density at radius 3 is 2.40 bits per heavy atom. The van der Waals surface area contributed by atoms with Crippen molar-refractivity contribution in [2.24, 2.45) is 11.5 Å². The Kier molecular flexibility index (Phi) is 3.45. The molecule has 2 nitrogen and oxygen atoms in total. The van der Waals surface area contributed by atoms with E-state index in [1.54, 1.807) is 6.08 Å². The summed E-state index contributed by atoms with van der Waals surface area (Å²) in [4.78, 5) is 0. The lowest BCUT2D eigenvalue weighted by Gasteiger charge is -2.23. The summed E-state index contributed by atoms with van der Waals surface area (Å²) < 4.78 is 0. The summed E-state index contributed by atoms with van der Waals surface area (Å²) in [6.07, 6.45) is 4.09. The van der Waals surface area contributed by atoms with Gasteiger partial charge in [0, 0.05) is 17.1 Å². The van der Waals surface area contributed by atoms with Crippen LogP contribution in [0.4, 0.5) is 0 Å². The molecule has 10 heavy (non-hydrogen) atoms. The highest BCUT2D eigenvalue weighted by Crippen LogP contribution is 2.28. The molecule has 4 N–H and O–H groups in total. The minimum Gasteiger partial charge on any atom is -0.403 e. The van der Waals surface area contributed by atoms with E-state index in [2.05, 4.69) is 15.8 Å². The first-order chi connectivity index (χ1) is 4.60. The van der Waals surface area contributed by atoms with E-state index >= 15 is 0 Å². The van der Waals surface area contributed by atoms with Gasteiger partial charge in [-0.1, -0.05) is 13.0 Å². The van der Waals surface area contributed by atoms with Crippen molar-refractivity contribution < 1.29 is 0 Å². The highest BCUT2D eigenvalue weighted by Gasteiger charge is 2.20. The lowest BCUT2D eigenvalue weighted by molar-refractivity contribution is 0.770. The van der Waals surface area contributed by atoms with Gasteiger partial charge in [0.15, 0.2) is 0 Å². The van der Waals surface area contributed by atoms with E-state index in [-0.39, 0.29) is 5.16 Å². The minimum atomic E-state index is -0.214.